The zero-order valence-electron chi connectivity index (χ0n) is 13.1. The number of benzene rings is 1. The van der Waals surface area contributed by atoms with E-state index in [4.69, 9.17) is 10.00 Å². The summed E-state index contributed by atoms with van der Waals surface area (Å²) in [6, 6.07) is 11.7. The van der Waals surface area contributed by atoms with Crippen LogP contribution in [0.1, 0.15) is 22.8 Å². The number of thioether (sulfide) groups is 1. The molecule has 0 aliphatic heterocycles. The molecule has 1 atom stereocenters. The lowest BCUT2D eigenvalue weighted by Gasteiger charge is -2.14. The SMILES string of the molecule is CSc1ncccc1C(=O)O[C@H](C)C(=O)Nc1cccc(C#N)c1. The standard InChI is InChI=1S/C17H15N3O3S/c1-11(15(21)20-13-6-3-5-12(9-13)10-18)23-17(22)14-7-4-8-19-16(14)24-2/h3-9,11H,1-2H3,(H,20,21)/t11-/m1/s1. The van der Waals surface area contributed by atoms with Gasteiger partial charge in [0.2, 0.25) is 0 Å². The summed E-state index contributed by atoms with van der Waals surface area (Å²) in [4.78, 5) is 28.4. The predicted molar refractivity (Wildman–Crippen MR) is 90.7 cm³/mol. The van der Waals surface area contributed by atoms with Crippen LogP contribution in [0.2, 0.25) is 0 Å². The van der Waals surface area contributed by atoms with E-state index in [1.807, 2.05) is 6.07 Å². The Kier molecular flexibility index (Phi) is 5.93. The molecule has 0 fully saturated rings. The molecule has 6 nitrogen and oxygen atoms in total. The molecule has 0 saturated heterocycles. The molecule has 7 heteroatoms. The number of anilines is 1. The van der Waals surface area contributed by atoms with Crippen LogP contribution < -0.4 is 5.32 Å². The van der Waals surface area contributed by atoms with E-state index in [1.54, 1.807) is 48.9 Å². The van der Waals surface area contributed by atoms with Crippen molar-refractivity contribution < 1.29 is 14.3 Å². The molecule has 2 aromatic rings. The Morgan fingerprint density at radius 3 is 2.83 bits per heavy atom. The van der Waals surface area contributed by atoms with E-state index in [9.17, 15) is 9.59 Å². The van der Waals surface area contributed by atoms with Gasteiger partial charge in [-0.1, -0.05) is 6.07 Å². The van der Waals surface area contributed by atoms with Gasteiger partial charge >= 0.3 is 5.97 Å². The number of esters is 1. The number of nitrogens with one attached hydrogen (secondary N) is 1. The predicted octanol–water partition coefficient (Wildman–Crippen LogP) is 2.86. The lowest BCUT2D eigenvalue weighted by Crippen LogP contribution is -2.30. The van der Waals surface area contributed by atoms with E-state index < -0.39 is 18.0 Å². The van der Waals surface area contributed by atoms with Crippen molar-refractivity contribution in [2.75, 3.05) is 11.6 Å². The van der Waals surface area contributed by atoms with Gasteiger partial charge < -0.3 is 10.1 Å². The molecule has 1 heterocycles. The van der Waals surface area contributed by atoms with Crippen molar-refractivity contribution in [1.82, 2.24) is 4.98 Å². The number of carbonyl (C=O) groups is 2. The Morgan fingerprint density at radius 2 is 2.12 bits per heavy atom. The molecule has 1 amide bonds. The van der Waals surface area contributed by atoms with E-state index in [0.717, 1.165) is 0 Å². The molecule has 0 bridgehead atoms. The zero-order chi connectivity index (χ0) is 17.5. The van der Waals surface area contributed by atoms with Crippen LogP contribution in [0.5, 0.6) is 0 Å². The number of aromatic nitrogens is 1. The number of carbonyl (C=O) groups excluding carboxylic acids is 2. The normalized spacial score (nSPS) is 11.2. The second-order valence-electron chi connectivity index (χ2n) is 4.79. The number of pyridine rings is 1. The van der Waals surface area contributed by atoms with Crippen LogP contribution >= 0.6 is 11.8 Å². The van der Waals surface area contributed by atoms with Crippen LogP contribution in [0.4, 0.5) is 5.69 Å². The number of amides is 1. The number of hydrogen-bond donors (Lipinski definition) is 1. The molecule has 2 rings (SSSR count). The Morgan fingerprint density at radius 1 is 1.33 bits per heavy atom. The summed E-state index contributed by atoms with van der Waals surface area (Å²) in [5.41, 5.74) is 1.21. The van der Waals surface area contributed by atoms with E-state index in [0.29, 0.717) is 21.8 Å². The minimum Gasteiger partial charge on any atom is -0.449 e. The summed E-state index contributed by atoms with van der Waals surface area (Å²) in [6.07, 6.45) is 2.40. The van der Waals surface area contributed by atoms with Crippen LogP contribution in [0.3, 0.4) is 0 Å². The monoisotopic (exact) mass is 341 g/mol. The first-order valence-corrected chi connectivity index (χ1v) is 8.28. The van der Waals surface area contributed by atoms with Crippen LogP contribution in [-0.4, -0.2) is 29.2 Å². The lowest BCUT2D eigenvalue weighted by atomic mass is 10.2. The van der Waals surface area contributed by atoms with Crippen molar-refractivity contribution in [2.24, 2.45) is 0 Å². The van der Waals surface area contributed by atoms with E-state index in [-0.39, 0.29) is 0 Å². The topological polar surface area (TPSA) is 92.1 Å². The molecule has 1 aromatic carbocycles. The summed E-state index contributed by atoms with van der Waals surface area (Å²) in [5.74, 6) is -1.09. The number of ether oxygens (including phenoxy) is 1. The Labute approximate surface area is 143 Å². The largest absolute Gasteiger partial charge is 0.449 e. The molecule has 0 saturated carbocycles. The highest BCUT2D eigenvalue weighted by atomic mass is 32.2. The number of rotatable bonds is 5. The summed E-state index contributed by atoms with van der Waals surface area (Å²) in [6.45, 7) is 1.48. The molecule has 0 radical (unpaired) electrons. The average molecular weight is 341 g/mol. The zero-order valence-corrected chi connectivity index (χ0v) is 14.0. The van der Waals surface area contributed by atoms with Gasteiger partial charge in [-0.05, 0) is 43.5 Å². The number of nitrogens with zero attached hydrogens (tertiary/aromatic N) is 2. The van der Waals surface area contributed by atoms with Crippen molar-refractivity contribution >= 4 is 29.3 Å². The third-order valence-corrected chi connectivity index (χ3v) is 3.81. The van der Waals surface area contributed by atoms with Crippen LogP contribution in [-0.2, 0) is 9.53 Å². The van der Waals surface area contributed by atoms with Gasteiger partial charge in [-0.25, -0.2) is 9.78 Å². The first-order valence-electron chi connectivity index (χ1n) is 7.06. The van der Waals surface area contributed by atoms with Gasteiger partial charge in [-0.3, -0.25) is 4.79 Å². The molecule has 0 aliphatic rings. The van der Waals surface area contributed by atoms with Crippen molar-refractivity contribution in [1.29, 1.82) is 5.26 Å². The summed E-state index contributed by atoms with van der Waals surface area (Å²) in [7, 11) is 0. The molecule has 24 heavy (non-hydrogen) atoms. The first kappa shape index (κ1) is 17.5. The van der Waals surface area contributed by atoms with Crippen molar-refractivity contribution in [3.8, 4) is 6.07 Å². The summed E-state index contributed by atoms with van der Waals surface area (Å²) < 4.78 is 5.20. The van der Waals surface area contributed by atoms with Gasteiger partial charge in [-0.2, -0.15) is 5.26 Å². The number of hydrogen-bond acceptors (Lipinski definition) is 6. The van der Waals surface area contributed by atoms with Gasteiger partial charge in [-0.15, -0.1) is 11.8 Å². The average Bonchev–Trinajstić information content (AvgIpc) is 2.61. The van der Waals surface area contributed by atoms with Gasteiger partial charge in [0, 0.05) is 11.9 Å². The Hall–Kier alpha value is -2.85. The second kappa shape index (κ2) is 8.13. The highest BCUT2D eigenvalue weighted by Gasteiger charge is 2.21. The minimum atomic E-state index is -0.988. The fourth-order valence-electron chi connectivity index (χ4n) is 1.90. The molecule has 0 spiro atoms. The first-order chi connectivity index (χ1) is 11.5. The summed E-state index contributed by atoms with van der Waals surface area (Å²) >= 11 is 1.32. The third-order valence-electron chi connectivity index (χ3n) is 3.10. The maximum atomic E-state index is 12.2. The van der Waals surface area contributed by atoms with Crippen LogP contribution in [0.25, 0.3) is 0 Å². The molecular weight excluding hydrogens is 326 g/mol. The van der Waals surface area contributed by atoms with E-state index in [1.165, 1.54) is 18.7 Å². The van der Waals surface area contributed by atoms with Gasteiger partial charge in [0.25, 0.3) is 5.91 Å². The fraction of sp³-hybridized carbons (Fsp3) is 0.176. The molecule has 0 unspecified atom stereocenters. The minimum absolute atomic E-state index is 0.316. The third kappa shape index (κ3) is 4.33. The second-order valence-corrected chi connectivity index (χ2v) is 5.58. The molecule has 1 aromatic heterocycles. The molecule has 122 valence electrons. The van der Waals surface area contributed by atoms with E-state index in [2.05, 4.69) is 10.3 Å². The maximum absolute atomic E-state index is 12.2. The smallest absolute Gasteiger partial charge is 0.341 e. The Bertz CT molecular complexity index is 802. The fourth-order valence-corrected chi connectivity index (χ4v) is 2.43. The lowest BCUT2D eigenvalue weighted by molar-refractivity contribution is -0.123. The van der Waals surface area contributed by atoms with Gasteiger partial charge in [0.15, 0.2) is 6.10 Å². The Balaban J connectivity index is 2.03. The number of nitriles is 1. The highest BCUT2D eigenvalue weighted by molar-refractivity contribution is 7.98. The molecule has 0 aliphatic carbocycles. The summed E-state index contributed by atoms with van der Waals surface area (Å²) in [5, 5.41) is 12.0. The van der Waals surface area contributed by atoms with Crippen molar-refractivity contribution in [3.63, 3.8) is 0 Å². The quantitative estimate of drug-likeness (QED) is 0.664. The van der Waals surface area contributed by atoms with Gasteiger partial charge in [0.05, 0.1) is 17.2 Å². The van der Waals surface area contributed by atoms with Crippen molar-refractivity contribution in [2.45, 2.75) is 18.1 Å². The molecular formula is C17H15N3O3S. The maximum Gasteiger partial charge on any atom is 0.341 e. The van der Waals surface area contributed by atoms with Gasteiger partial charge in [0.1, 0.15) is 5.03 Å². The van der Waals surface area contributed by atoms with E-state index >= 15 is 0 Å². The van der Waals surface area contributed by atoms with Crippen molar-refractivity contribution in [3.05, 3.63) is 53.7 Å². The van der Waals surface area contributed by atoms with Crippen LogP contribution in [0.15, 0.2) is 47.6 Å². The highest BCUT2D eigenvalue weighted by Crippen LogP contribution is 2.18. The van der Waals surface area contributed by atoms with Crippen LogP contribution in [0, 0.1) is 11.3 Å². The molecule has 1 N–H and O–H groups in total.